The van der Waals surface area contributed by atoms with Gasteiger partial charge in [0.1, 0.15) is 5.75 Å². The molecule has 1 aromatic rings. The van der Waals surface area contributed by atoms with E-state index in [4.69, 9.17) is 4.74 Å². The summed E-state index contributed by atoms with van der Waals surface area (Å²) < 4.78 is 29.4. The standard InChI is InChI=1S/C16H27NO3S/c1-5-9-17-13(3)14-7-8-16(20-4)15(11-14)12-21(18,19)10-6-2/h7-8,11,13,17H,5-6,9-10,12H2,1-4H3. The van der Waals surface area contributed by atoms with Crippen LogP contribution in [0.15, 0.2) is 18.2 Å². The molecule has 1 N–H and O–H groups in total. The van der Waals surface area contributed by atoms with Crippen molar-refractivity contribution in [2.75, 3.05) is 19.4 Å². The van der Waals surface area contributed by atoms with E-state index >= 15 is 0 Å². The number of hydrogen-bond acceptors (Lipinski definition) is 4. The second kappa shape index (κ2) is 8.39. The van der Waals surface area contributed by atoms with Crippen molar-refractivity contribution in [3.63, 3.8) is 0 Å². The van der Waals surface area contributed by atoms with Gasteiger partial charge in [-0.05, 0) is 44.0 Å². The normalized spacial score (nSPS) is 13.1. The highest BCUT2D eigenvalue weighted by Crippen LogP contribution is 2.25. The Hall–Kier alpha value is -1.07. The molecule has 1 rings (SSSR count). The fraction of sp³-hybridized carbons (Fsp3) is 0.625. The lowest BCUT2D eigenvalue weighted by Crippen LogP contribution is -2.19. The summed E-state index contributed by atoms with van der Waals surface area (Å²) in [5, 5.41) is 3.41. The molecule has 0 aliphatic carbocycles. The largest absolute Gasteiger partial charge is 0.496 e. The lowest BCUT2D eigenvalue weighted by molar-refractivity contribution is 0.410. The third kappa shape index (κ3) is 5.67. The van der Waals surface area contributed by atoms with Crippen LogP contribution < -0.4 is 10.1 Å². The van der Waals surface area contributed by atoms with Crippen LogP contribution in [0.5, 0.6) is 5.75 Å². The van der Waals surface area contributed by atoms with Crippen LogP contribution in [-0.2, 0) is 15.6 Å². The van der Waals surface area contributed by atoms with Crippen LogP contribution in [0.4, 0.5) is 0 Å². The van der Waals surface area contributed by atoms with Gasteiger partial charge in [-0.2, -0.15) is 0 Å². The highest BCUT2D eigenvalue weighted by molar-refractivity contribution is 7.90. The average molecular weight is 313 g/mol. The summed E-state index contributed by atoms with van der Waals surface area (Å²) >= 11 is 0. The number of sulfone groups is 1. The van der Waals surface area contributed by atoms with E-state index in [1.165, 1.54) is 0 Å². The van der Waals surface area contributed by atoms with Gasteiger partial charge in [-0.25, -0.2) is 8.42 Å². The van der Waals surface area contributed by atoms with Gasteiger partial charge >= 0.3 is 0 Å². The Morgan fingerprint density at radius 3 is 2.52 bits per heavy atom. The molecule has 0 aliphatic heterocycles. The lowest BCUT2D eigenvalue weighted by atomic mass is 10.0. The van der Waals surface area contributed by atoms with E-state index in [1.807, 2.05) is 25.1 Å². The van der Waals surface area contributed by atoms with Gasteiger partial charge in [0.05, 0.1) is 18.6 Å². The number of methoxy groups -OCH3 is 1. The Morgan fingerprint density at radius 1 is 1.24 bits per heavy atom. The summed E-state index contributed by atoms with van der Waals surface area (Å²) in [5.74, 6) is 0.892. The Bertz CT molecular complexity index is 540. The zero-order chi connectivity index (χ0) is 15.9. The molecule has 21 heavy (non-hydrogen) atoms. The van der Waals surface area contributed by atoms with Crippen LogP contribution in [0.25, 0.3) is 0 Å². The Kier molecular flexibility index (Phi) is 7.18. The summed E-state index contributed by atoms with van der Waals surface area (Å²) in [6.07, 6.45) is 1.71. The van der Waals surface area contributed by atoms with E-state index < -0.39 is 9.84 Å². The minimum absolute atomic E-state index is 0.0400. The summed E-state index contributed by atoms with van der Waals surface area (Å²) in [6.45, 7) is 7.02. The molecule has 0 bridgehead atoms. The molecule has 0 amide bonds. The van der Waals surface area contributed by atoms with E-state index in [0.29, 0.717) is 12.2 Å². The first-order chi connectivity index (χ1) is 9.93. The van der Waals surface area contributed by atoms with Crippen molar-refractivity contribution in [1.82, 2.24) is 5.32 Å². The first kappa shape index (κ1) is 18.0. The highest BCUT2D eigenvalue weighted by atomic mass is 32.2. The van der Waals surface area contributed by atoms with Gasteiger partial charge in [0.25, 0.3) is 0 Å². The van der Waals surface area contributed by atoms with E-state index in [-0.39, 0.29) is 17.5 Å². The zero-order valence-electron chi connectivity index (χ0n) is 13.5. The molecule has 0 spiro atoms. The molecule has 4 nitrogen and oxygen atoms in total. The molecule has 0 fully saturated rings. The quantitative estimate of drug-likeness (QED) is 0.761. The number of benzene rings is 1. The summed E-state index contributed by atoms with van der Waals surface area (Å²) in [6, 6.07) is 5.99. The third-order valence-corrected chi connectivity index (χ3v) is 5.18. The van der Waals surface area contributed by atoms with Crippen molar-refractivity contribution in [2.24, 2.45) is 0 Å². The summed E-state index contributed by atoms with van der Waals surface area (Å²) in [7, 11) is -1.50. The Balaban J connectivity index is 3.00. The minimum atomic E-state index is -3.08. The van der Waals surface area contributed by atoms with E-state index in [1.54, 1.807) is 7.11 Å². The first-order valence-corrected chi connectivity index (χ1v) is 9.36. The number of nitrogens with one attached hydrogen (secondary N) is 1. The molecule has 0 saturated carbocycles. The minimum Gasteiger partial charge on any atom is -0.496 e. The second-order valence-electron chi connectivity index (χ2n) is 5.34. The van der Waals surface area contributed by atoms with Crippen LogP contribution in [0.3, 0.4) is 0 Å². The molecule has 1 aromatic carbocycles. The molecule has 0 aliphatic rings. The molecule has 1 unspecified atom stereocenters. The van der Waals surface area contributed by atoms with Gasteiger partial charge in [0, 0.05) is 11.6 Å². The van der Waals surface area contributed by atoms with Gasteiger partial charge in [-0.1, -0.05) is 19.9 Å². The maximum Gasteiger partial charge on any atom is 0.154 e. The predicted molar refractivity (Wildman–Crippen MR) is 87.5 cm³/mol. The number of rotatable bonds is 9. The van der Waals surface area contributed by atoms with E-state index in [0.717, 1.165) is 24.1 Å². The van der Waals surface area contributed by atoms with Gasteiger partial charge in [-0.15, -0.1) is 0 Å². The van der Waals surface area contributed by atoms with E-state index in [2.05, 4.69) is 19.2 Å². The number of ether oxygens (including phenoxy) is 1. The maximum atomic E-state index is 12.1. The molecule has 0 radical (unpaired) electrons. The monoisotopic (exact) mass is 313 g/mol. The van der Waals surface area contributed by atoms with Crippen molar-refractivity contribution in [3.8, 4) is 5.75 Å². The van der Waals surface area contributed by atoms with Crippen LogP contribution >= 0.6 is 0 Å². The molecule has 0 aromatic heterocycles. The van der Waals surface area contributed by atoms with Crippen molar-refractivity contribution in [1.29, 1.82) is 0 Å². The molecule has 0 heterocycles. The molecule has 0 saturated heterocycles. The molecule has 120 valence electrons. The molecular formula is C16H27NO3S. The van der Waals surface area contributed by atoms with Crippen molar-refractivity contribution in [2.45, 2.75) is 45.4 Å². The van der Waals surface area contributed by atoms with Crippen molar-refractivity contribution in [3.05, 3.63) is 29.3 Å². The third-order valence-electron chi connectivity index (χ3n) is 3.40. The van der Waals surface area contributed by atoms with Crippen LogP contribution in [0, 0.1) is 0 Å². The zero-order valence-corrected chi connectivity index (χ0v) is 14.3. The highest BCUT2D eigenvalue weighted by Gasteiger charge is 2.16. The van der Waals surface area contributed by atoms with Crippen LogP contribution in [-0.4, -0.2) is 27.8 Å². The average Bonchev–Trinajstić information content (AvgIpc) is 2.44. The molecule has 5 heteroatoms. The Labute approximate surface area is 128 Å². The van der Waals surface area contributed by atoms with Gasteiger partial charge < -0.3 is 10.1 Å². The lowest BCUT2D eigenvalue weighted by Gasteiger charge is -2.17. The smallest absolute Gasteiger partial charge is 0.154 e. The van der Waals surface area contributed by atoms with Crippen molar-refractivity contribution < 1.29 is 13.2 Å². The fourth-order valence-corrected chi connectivity index (χ4v) is 3.75. The predicted octanol–water partition coefficient (Wildman–Crippen LogP) is 3.08. The number of hydrogen-bond donors (Lipinski definition) is 1. The molecule has 1 atom stereocenters. The summed E-state index contributed by atoms with van der Waals surface area (Å²) in [5.41, 5.74) is 1.83. The summed E-state index contributed by atoms with van der Waals surface area (Å²) in [4.78, 5) is 0. The van der Waals surface area contributed by atoms with Crippen molar-refractivity contribution >= 4 is 9.84 Å². The first-order valence-electron chi connectivity index (χ1n) is 7.54. The molecular weight excluding hydrogens is 286 g/mol. The SMILES string of the molecule is CCCNC(C)c1ccc(OC)c(CS(=O)(=O)CCC)c1. The Morgan fingerprint density at radius 2 is 1.95 bits per heavy atom. The topological polar surface area (TPSA) is 55.4 Å². The van der Waals surface area contributed by atoms with Crippen LogP contribution in [0.2, 0.25) is 0 Å². The van der Waals surface area contributed by atoms with Gasteiger partial charge in [-0.3, -0.25) is 0 Å². The fourth-order valence-electron chi connectivity index (χ4n) is 2.28. The second-order valence-corrected chi connectivity index (χ2v) is 7.52. The van der Waals surface area contributed by atoms with E-state index in [9.17, 15) is 8.42 Å². The van der Waals surface area contributed by atoms with Crippen LogP contribution in [0.1, 0.15) is 50.8 Å². The van der Waals surface area contributed by atoms with Gasteiger partial charge in [0.2, 0.25) is 0 Å². The van der Waals surface area contributed by atoms with Gasteiger partial charge in [0.15, 0.2) is 9.84 Å². The maximum absolute atomic E-state index is 12.1.